The lowest BCUT2D eigenvalue weighted by atomic mass is 10.2. The molecule has 1 heterocycles. The van der Waals surface area contributed by atoms with Gasteiger partial charge >= 0.3 is 6.18 Å². The van der Waals surface area contributed by atoms with Crippen molar-refractivity contribution in [1.29, 1.82) is 0 Å². The van der Waals surface area contributed by atoms with Crippen LogP contribution >= 0.6 is 0 Å². The second-order valence-electron chi connectivity index (χ2n) is 3.11. The second kappa shape index (κ2) is 4.65. The lowest BCUT2D eigenvalue weighted by Crippen LogP contribution is -2.19. The molecule has 0 aliphatic carbocycles. The van der Waals surface area contributed by atoms with E-state index in [0.717, 1.165) is 4.68 Å². The molecule has 0 aromatic carbocycles. The molecule has 6 heteroatoms. The molecule has 0 saturated heterocycles. The third kappa shape index (κ3) is 2.71. The van der Waals surface area contributed by atoms with E-state index in [9.17, 15) is 13.2 Å². The fourth-order valence-electron chi connectivity index (χ4n) is 1.38. The molecule has 0 unspecified atom stereocenters. The molecule has 1 N–H and O–H groups in total. The molecule has 0 spiro atoms. The Labute approximate surface area is 86.3 Å². The van der Waals surface area contributed by atoms with Crippen molar-refractivity contribution in [2.45, 2.75) is 33.1 Å². The van der Waals surface area contributed by atoms with Crippen LogP contribution in [-0.2, 0) is 19.3 Å². The highest BCUT2D eigenvalue weighted by Crippen LogP contribution is 2.31. The summed E-state index contributed by atoms with van der Waals surface area (Å²) in [7, 11) is 0. The molecule has 1 aromatic heterocycles. The van der Waals surface area contributed by atoms with Crippen LogP contribution < -0.4 is 5.32 Å². The Bertz CT molecular complexity index is 317. The summed E-state index contributed by atoms with van der Waals surface area (Å²) < 4.78 is 39.0. The van der Waals surface area contributed by atoms with Gasteiger partial charge in [0.15, 0.2) is 0 Å². The van der Waals surface area contributed by atoms with Crippen LogP contribution in [0.5, 0.6) is 0 Å². The zero-order chi connectivity index (χ0) is 11.5. The number of hydrogen-bond acceptors (Lipinski definition) is 2. The van der Waals surface area contributed by atoms with Crippen molar-refractivity contribution in [3.63, 3.8) is 0 Å². The molecule has 3 nitrogen and oxygen atoms in total. The van der Waals surface area contributed by atoms with Crippen LogP contribution in [0.1, 0.15) is 25.1 Å². The van der Waals surface area contributed by atoms with Gasteiger partial charge in [0.2, 0.25) is 0 Å². The largest absolute Gasteiger partial charge is 0.433 e. The average molecular weight is 221 g/mol. The number of rotatable bonds is 4. The van der Waals surface area contributed by atoms with Crippen molar-refractivity contribution < 1.29 is 13.2 Å². The minimum atomic E-state index is -4.34. The Hall–Kier alpha value is -1.04. The molecule has 0 aliphatic rings. The van der Waals surface area contributed by atoms with Gasteiger partial charge < -0.3 is 5.32 Å². The topological polar surface area (TPSA) is 29.9 Å². The monoisotopic (exact) mass is 221 g/mol. The van der Waals surface area contributed by atoms with Gasteiger partial charge in [0.25, 0.3) is 0 Å². The molecule has 0 radical (unpaired) electrons. The van der Waals surface area contributed by atoms with E-state index >= 15 is 0 Å². The SMILES string of the molecule is CCNCc1cnn(CC)c1C(F)(F)F. The van der Waals surface area contributed by atoms with E-state index in [0.29, 0.717) is 6.54 Å². The Morgan fingerprint density at radius 1 is 1.40 bits per heavy atom. The van der Waals surface area contributed by atoms with Crippen LogP contribution in [0.3, 0.4) is 0 Å². The van der Waals surface area contributed by atoms with Crippen molar-refractivity contribution in [3.8, 4) is 0 Å². The predicted octanol–water partition coefficient (Wildman–Crippen LogP) is 2.03. The van der Waals surface area contributed by atoms with E-state index in [2.05, 4.69) is 10.4 Å². The van der Waals surface area contributed by atoms with Crippen LogP contribution in [0.25, 0.3) is 0 Å². The minimum absolute atomic E-state index is 0.200. The predicted molar refractivity (Wildman–Crippen MR) is 50.3 cm³/mol. The fraction of sp³-hybridized carbons (Fsp3) is 0.667. The lowest BCUT2D eigenvalue weighted by Gasteiger charge is -2.11. The van der Waals surface area contributed by atoms with E-state index in [-0.39, 0.29) is 18.7 Å². The van der Waals surface area contributed by atoms with E-state index in [1.807, 2.05) is 6.92 Å². The number of alkyl halides is 3. The van der Waals surface area contributed by atoms with Crippen molar-refractivity contribution >= 4 is 0 Å². The summed E-state index contributed by atoms with van der Waals surface area (Å²) >= 11 is 0. The summed E-state index contributed by atoms with van der Waals surface area (Å²) in [5.74, 6) is 0. The van der Waals surface area contributed by atoms with E-state index in [1.54, 1.807) is 6.92 Å². The Kier molecular flexibility index (Phi) is 3.73. The van der Waals surface area contributed by atoms with Crippen molar-refractivity contribution in [1.82, 2.24) is 15.1 Å². The number of nitrogens with zero attached hydrogens (tertiary/aromatic N) is 2. The molecular weight excluding hydrogens is 207 g/mol. The standard InChI is InChI=1S/C9H14F3N3/c1-3-13-5-7-6-14-15(4-2)8(7)9(10,11)12/h6,13H,3-5H2,1-2H3. The van der Waals surface area contributed by atoms with Crippen LogP contribution in [-0.4, -0.2) is 16.3 Å². The zero-order valence-corrected chi connectivity index (χ0v) is 8.73. The molecular formula is C9H14F3N3. The van der Waals surface area contributed by atoms with Crippen molar-refractivity contribution in [3.05, 3.63) is 17.5 Å². The van der Waals surface area contributed by atoms with Gasteiger partial charge in [-0.25, -0.2) is 0 Å². The summed E-state index contributed by atoms with van der Waals surface area (Å²) in [4.78, 5) is 0. The van der Waals surface area contributed by atoms with Crippen LogP contribution in [0.15, 0.2) is 6.20 Å². The first-order valence-corrected chi connectivity index (χ1v) is 4.83. The number of hydrogen-bond donors (Lipinski definition) is 1. The summed E-state index contributed by atoms with van der Waals surface area (Å²) in [5, 5.41) is 6.57. The zero-order valence-electron chi connectivity index (χ0n) is 8.73. The van der Waals surface area contributed by atoms with Gasteiger partial charge in [-0.2, -0.15) is 18.3 Å². The molecule has 1 rings (SSSR count). The summed E-state index contributed by atoms with van der Waals surface area (Å²) in [5.41, 5.74) is -0.447. The molecule has 0 amide bonds. The van der Waals surface area contributed by atoms with Gasteiger partial charge in [-0.15, -0.1) is 0 Å². The highest BCUT2D eigenvalue weighted by Gasteiger charge is 2.37. The first-order chi connectivity index (χ1) is 7.00. The maximum Gasteiger partial charge on any atom is 0.433 e. The second-order valence-corrected chi connectivity index (χ2v) is 3.11. The number of nitrogens with one attached hydrogen (secondary N) is 1. The average Bonchev–Trinajstić information content (AvgIpc) is 2.56. The van der Waals surface area contributed by atoms with Gasteiger partial charge in [-0.1, -0.05) is 6.92 Å². The fourth-order valence-corrected chi connectivity index (χ4v) is 1.38. The molecule has 86 valence electrons. The van der Waals surface area contributed by atoms with Crippen molar-refractivity contribution in [2.24, 2.45) is 0 Å². The smallest absolute Gasteiger partial charge is 0.313 e. The number of aryl methyl sites for hydroxylation is 1. The van der Waals surface area contributed by atoms with Gasteiger partial charge in [0.1, 0.15) is 5.69 Å². The summed E-state index contributed by atoms with van der Waals surface area (Å²) in [6, 6.07) is 0. The van der Waals surface area contributed by atoms with Crippen LogP contribution in [0.4, 0.5) is 13.2 Å². The highest BCUT2D eigenvalue weighted by molar-refractivity contribution is 5.20. The molecule has 0 saturated carbocycles. The maximum absolute atomic E-state index is 12.7. The molecule has 15 heavy (non-hydrogen) atoms. The number of halogens is 3. The van der Waals surface area contributed by atoms with E-state index in [4.69, 9.17) is 0 Å². The summed E-state index contributed by atoms with van der Waals surface area (Å²) in [6.07, 6.45) is -3.06. The Morgan fingerprint density at radius 3 is 2.53 bits per heavy atom. The highest BCUT2D eigenvalue weighted by atomic mass is 19.4. The number of aromatic nitrogens is 2. The molecule has 0 atom stereocenters. The summed E-state index contributed by atoms with van der Waals surface area (Å²) in [6.45, 7) is 4.54. The lowest BCUT2D eigenvalue weighted by molar-refractivity contribution is -0.144. The molecule has 0 fully saturated rings. The minimum Gasteiger partial charge on any atom is -0.313 e. The van der Waals surface area contributed by atoms with E-state index in [1.165, 1.54) is 6.20 Å². The Balaban J connectivity index is 3.01. The normalized spacial score (nSPS) is 12.1. The quantitative estimate of drug-likeness (QED) is 0.843. The first kappa shape index (κ1) is 12.0. The van der Waals surface area contributed by atoms with Gasteiger partial charge in [0, 0.05) is 18.7 Å². The van der Waals surface area contributed by atoms with Crippen LogP contribution in [0.2, 0.25) is 0 Å². The Morgan fingerprint density at radius 2 is 2.07 bits per heavy atom. The third-order valence-electron chi connectivity index (χ3n) is 2.05. The molecule has 1 aromatic rings. The molecule has 0 aliphatic heterocycles. The van der Waals surface area contributed by atoms with Crippen LogP contribution in [0, 0.1) is 0 Å². The van der Waals surface area contributed by atoms with E-state index < -0.39 is 11.9 Å². The van der Waals surface area contributed by atoms with Gasteiger partial charge in [0.05, 0.1) is 6.20 Å². The van der Waals surface area contributed by atoms with Gasteiger partial charge in [-0.05, 0) is 13.5 Å². The third-order valence-corrected chi connectivity index (χ3v) is 2.05. The van der Waals surface area contributed by atoms with Gasteiger partial charge in [-0.3, -0.25) is 4.68 Å². The molecule has 0 bridgehead atoms. The first-order valence-electron chi connectivity index (χ1n) is 4.83. The maximum atomic E-state index is 12.7. The van der Waals surface area contributed by atoms with Crippen molar-refractivity contribution in [2.75, 3.05) is 6.54 Å².